The Balaban J connectivity index is 1.37. The zero-order chi connectivity index (χ0) is 23.2. The molecule has 1 aromatic heterocycles. The maximum Gasteiger partial charge on any atom is 0.347 e. The molecule has 4 aromatic rings. The second-order valence-electron chi connectivity index (χ2n) is 7.00. The Hall–Kier alpha value is -4.72. The summed E-state index contributed by atoms with van der Waals surface area (Å²) in [5.74, 6) is -1.09. The van der Waals surface area contributed by atoms with Gasteiger partial charge in [0, 0.05) is 24.0 Å². The number of H-pyrrole nitrogens is 1. The molecule has 0 saturated heterocycles. The van der Waals surface area contributed by atoms with Crippen LogP contribution in [0.15, 0.2) is 84.1 Å². The van der Waals surface area contributed by atoms with Crippen molar-refractivity contribution in [2.75, 3.05) is 0 Å². The summed E-state index contributed by atoms with van der Waals surface area (Å²) in [4.78, 5) is 39.1. The zero-order valence-corrected chi connectivity index (χ0v) is 17.6. The first-order chi connectivity index (χ1) is 16.0. The van der Waals surface area contributed by atoms with Crippen molar-refractivity contribution >= 4 is 35.0 Å². The predicted molar refractivity (Wildman–Crippen MR) is 123 cm³/mol. The van der Waals surface area contributed by atoms with Gasteiger partial charge in [-0.15, -0.1) is 0 Å². The molecule has 164 valence electrons. The van der Waals surface area contributed by atoms with Gasteiger partial charge in [-0.1, -0.05) is 30.3 Å². The molecule has 0 fully saturated rings. The molecule has 0 aliphatic carbocycles. The molecule has 0 aliphatic heterocycles. The summed E-state index contributed by atoms with van der Waals surface area (Å²) in [6.07, 6.45) is 3.12. The van der Waals surface area contributed by atoms with E-state index in [9.17, 15) is 14.4 Å². The van der Waals surface area contributed by atoms with E-state index in [1.54, 1.807) is 42.6 Å². The number of esters is 2. The number of fused-ring (bicyclic) bond motifs is 1. The summed E-state index contributed by atoms with van der Waals surface area (Å²) in [7, 11) is 0. The van der Waals surface area contributed by atoms with Gasteiger partial charge in [-0.3, -0.25) is 9.59 Å². The van der Waals surface area contributed by atoms with E-state index in [1.165, 1.54) is 25.3 Å². The van der Waals surface area contributed by atoms with Crippen molar-refractivity contribution in [1.29, 1.82) is 0 Å². The Kier molecular flexibility index (Phi) is 6.26. The number of carbonyl (C=O) groups is 3. The minimum Gasteiger partial charge on any atom is -0.426 e. The van der Waals surface area contributed by atoms with Gasteiger partial charge < -0.3 is 14.5 Å². The van der Waals surface area contributed by atoms with Crippen molar-refractivity contribution in [1.82, 2.24) is 10.4 Å². The van der Waals surface area contributed by atoms with E-state index in [-0.39, 0.29) is 17.2 Å². The summed E-state index contributed by atoms with van der Waals surface area (Å²) < 4.78 is 10.4. The molecule has 3 aromatic carbocycles. The Morgan fingerprint density at radius 3 is 2.39 bits per heavy atom. The van der Waals surface area contributed by atoms with Gasteiger partial charge in [0.1, 0.15) is 17.1 Å². The van der Waals surface area contributed by atoms with Gasteiger partial charge in [-0.05, 0) is 48.0 Å². The van der Waals surface area contributed by atoms with Crippen LogP contribution in [0, 0.1) is 0 Å². The van der Waals surface area contributed by atoms with E-state index in [1.807, 2.05) is 24.3 Å². The Morgan fingerprint density at radius 1 is 0.879 bits per heavy atom. The third-order valence-corrected chi connectivity index (χ3v) is 4.66. The summed E-state index contributed by atoms with van der Waals surface area (Å²) in [5.41, 5.74) is 4.69. The van der Waals surface area contributed by atoms with Crippen LogP contribution in [-0.2, 0) is 4.79 Å². The normalized spacial score (nSPS) is 10.8. The molecular formula is C25H19N3O5. The molecule has 0 spiro atoms. The monoisotopic (exact) mass is 441 g/mol. The third-order valence-electron chi connectivity index (χ3n) is 4.66. The van der Waals surface area contributed by atoms with E-state index in [4.69, 9.17) is 9.47 Å². The summed E-state index contributed by atoms with van der Waals surface area (Å²) in [6, 6.07) is 20.4. The van der Waals surface area contributed by atoms with Gasteiger partial charge in [0.25, 0.3) is 5.91 Å². The number of para-hydroxylation sites is 2. The molecule has 1 amide bonds. The maximum absolute atomic E-state index is 12.5. The third kappa shape index (κ3) is 5.13. The van der Waals surface area contributed by atoms with Crippen molar-refractivity contribution in [3.05, 3.63) is 95.7 Å². The van der Waals surface area contributed by atoms with E-state index in [2.05, 4.69) is 15.5 Å². The SMILES string of the molecule is CC(=O)Oc1ccccc1C(=O)Oc1ccc(/C=N/NC(=O)c2c[nH]c3ccccc23)cc1. The topological polar surface area (TPSA) is 110 Å². The molecule has 2 N–H and O–H groups in total. The van der Waals surface area contributed by atoms with Crippen molar-refractivity contribution in [2.24, 2.45) is 5.10 Å². The van der Waals surface area contributed by atoms with Crippen LogP contribution in [0.5, 0.6) is 11.5 Å². The lowest BCUT2D eigenvalue weighted by Crippen LogP contribution is -2.17. The Bertz CT molecular complexity index is 1360. The van der Waals surface area contributed by atoms with Crippen LogP contribution in [-0.4, -0.2) is 29.0 Å². The van der Waals surface area contributed by atoms with Crippen LogP contribution in [0.3, 0.4) is 0 Å². The highest BCUT2D eigenvalue weighted by molar-refractivity contribution is 6.06. The minimum atomic E-state index is -0.653. The highest BCUT2D eigenvalue weighted by Gasteiger charge is 2.16. The lowest BCUT2D eigenvalue weighted by Gasteiger charge is -2.08. The number of aromatic amines is 1. The van der Waals surface area contributed by atoms with Gasteiger partial charge in [-0.2, -0.15) is 5.10 Å². The molecule has 4 rings (SSSR count). The quantitative estimate of drug-likeness (QED) is 0.203. The number of benzene rings is 3. The van der Waals surface area contributed by atoms with Gasteiger partial charge in [-0.25, -0.2) is 10.2 Å². The fraction of sp³-hybridized carbons (Fsp3) is 0.0400. The molecule has 0 atom stereocenters. The number of amides is 1. The van der Waals surface area contributed by atoms with E-state index in [0.717, 1.165) is 10.9 Å². The predicted octanol–water partition coefficient (Wildman–Crippen LogP) is 4.08. The van der Waals surface area contributed by atoms with E-state index < -0.39 is 11.9 Å². The number of rotatable bonds is 6. The fourth-order valence-corrected chi connectivity index (χ4v) is 3.15. The van der Waals surface area contributed by atoms with Crippen LogP contribution >= 0.6 is 0 Å². The highest BCUT2D eigenvalue weighted by atomic mass is 16.5. The van der Waals surface area contributed by atoms with Crippen molar-refractivity contribution < 1.29 is 23.9 Å². The minimum absolute atomic E-state index is 0.129. The smallest absolute Gasteiger partial charge is 0.347 e. The molecular weight excluding hydrogens is 422 g/mol. The number of nitrogens with one attached hydrogen (secondary N) is 2. The van der Waals surface area contributed by atoms with Crippen LogP contribution in [0.25, 0.3) is 10.9 Å². The second kappa shape index (κ2) is 9.61. The number of ether oxygens (including phenoxy) is 2. The van der Waals surface area contributed by atoms with Crippen LogP contribution in [0.4, 0.5) is 0 Å². The second-order valence-corrected chi connectivity index (χ2v) is 7.00. The Morgan fingerprint density at radius 2 is 1.61 bits per heavy atom. The number of carbonyl (C=O) groups excluding carboxylic acids is 3. The fourth-order valence-electron chi connectivity index (χ4n) is 3.15. The average Bonchev–Trinajstić information content (AvgIpc) is 3.24. The van der Waals surface area contributed by atoms with Crippen LogP contribution in [0.2, 0.25) is 0 Å². The molecule has 1 heterocycles. The largest absolute Gasteiger partial charge is 0.426 e. The van der Waals surface area contributed by atoms with E-state index >= 15 is 0 Å². The Labute approximate surface area is 188 Å². The van der Waals surface area contributed by atoms with Crippen molar-refractivity contribution in [2.45, 2.75) is 6.92 Å². The van der Waals surface area contributed by atoms with Gasteiger partial charge >= 0.3 is 11.9 Å². The molecule has 33 heavy (non-hydrogen) atoms. The lowest BCUT2D eigenvalue weighted by atomic mass is 10.2. The van der Waals surface area contributed by atoms with Crippen LogP contribution in [0.1, 0.15) is 33.2 Å². The van der Waals surface area contributed by atoms with E-state index in [0.29, 0.717) is 16.9 Å². The summed E-state index contributed by atoms with van der Waals surface area (Å²) in [5, 5.41) is 4.80. The molecule has 0 unspecified atom stereocenters. The average molecular weight is 441 g/mol. The molecule has 0 aliphatic rings. The molecule has 0 saturated carbocycles. The highest BCUT2D eigenvalue weighted by Crippen LogP contribution is 2.21. The first-order valence-corrected chi connectivity index (χ1v) is 10.0. The van der Waals surface area contributed by atoms with Crippen molar-refractivity contribution in [3.8, 4) is 11.5 Å². The molecule has 0 bridgehead atoms. The van der Waals surface area contributed by atoms with Crippen LogP contribution < -0.4 is 14.9 Å². The number of aromatic nitrogens is 1. The zero-order valence-electron chi connectivity index (χ0n) is 17.6. The first kappa shape index (κ1) is 21.5. The lowest BCUT2D eigenvalue weighted by molar-refractivity contribution is -0.131. The number of hydrazone groups is 1. The number of nitrogens with zero attached hydrogens (tertiary/aromatic N) is 1. The molecule has 0 radical (unpaired) electrons. The summed E-state index contributed by atoms with van der Waals surface area (Å²) >= 11 is 0. The van der Waals surface area contributed by atoms with Gasteiger partial charge in [0.2, 0.25) is 0 Å². The number of hydrogen-bond donors (Lipinski definition) is 2. The van der Waals surface area contributed by atoms with Gasteiger partial charge in [0.15, 0.2) is 0 Å². The van der Waals surface area contributed by atoms with Crippen molar-refractivity contribution in [3.63, 3.8) is 0 Å². The van der Waals surface area contributed by atoms with Gasteiger partial charge in [0.05, 0.1) is 11.8 Å². The number of hydrogen-bond acceptors (Lipinski definition) is 6. The molecule has 8 nitrogen and oxygen atoms in total. The molecule has 8 heteroatoms. The standard InChI is InChI=1S/C25H19N3O5/c1-16(29)32-23-9-5-3-7-20(23)25(31)33-18-12-10-17(11-13-18)14-27-28-24(30)21-15-26-22-8-4-2-6-19(21)22/h2-15,26H,1H3,(H,28,30)/b27-14+. The summed E-state index contributed by atoms with van der Waals surface area (Å²) in [6.45, 7) is 1.26. The maximum atomic E-state index is 12.5. The first-order valence-electron chi connectivity index (χ1n) is 10.0.